The lowest BCUT2D eigenvalue weighted by molar-refractivity contribution is -0.123. The number of ether oxygens (including phenoxy) is 4. The smallest absolute Gasteiger partial charge is 0.265 e. The third-order valence-electron chi connectivity index (χ3n) is 5.69. The van der Waals surface area contributed by atoms with E-state index in [1.54, 1.807) is 54.6 Å². The molecule has 1 aliphatic rings. The van der Waals surface area contributed by atoms with Crippen LogP contribution in [0.4, 0.5) is 17.1 Å². The molecular weight excluding hydrogens is 502 g/mol. The summed E-state index contributed by atoms with van der Waals surface area (Å²) in [6.45, 7) is 6.29. The fourth-order valence-electron chi connectivity index (χ4n) is 4.04. The summed E-state index contributed by atoms with van der Waals surface area (Å²) in [5, 5.41) is 5.62. The molecule has 0 radical (unpaired) electrons. The quantitative estimate of drug-likeness (QED) is 0.373. The van der Waals surface area contributed by atoms with Crippen molar-refractivity contribution in [3.63, 3.8) is 0 Å². The lowest BCUT2D eigenvalue weighted by Gasteiger charge is -2.29. The molecule has 4 rings (SSSR count). The third kappa shape index (κ3) is 6.59. The van der Waals surface area contributed by atoms with E-state index in [0.717, 1.165) is 0 Å². The van der Waals surface area contributed by atoms with Gasteiger partial charge in [0.2, 0.25) is 11.7 Å². The van der Waals surface area contributed by atoms with Gasteiger partial charge in [-0.2, -0.15) is 0 Å². The highest BCUT2D eigenvalue weighted by Gasteiger charge is 2.28. The molecular formula is C29H31N3O7. The Morgan fingerprint density at radius 2 is 1.51 bits per heavy atom. The fraction of sp³-hybridized carbons (Fsp3) is 0.276. The molecule has 204 valence electrons. The number of rotatable bonds is 11. The zero-order valence-electron chi connectivity index (χ0n) is 22.1. The maximum atomic E-state index is 13.3. The van der Waals surface area contributed by atoms with Crippen molar-refractivity contribution in [1.29, 1.82) is 0 Å². The minimum absolute atomic E-state index is 0.191. The summed E-state index contributed by atoms with van der Waals surface area (Å²) < 4.78 is 22.7. The standard InChI is InChI=1S/C29H31N3O7/c1-4-36-24-14-19(15-25(37-5-2)28(24)38-6-3)29(35)31-21-12-13-23-22(16-21)32(27(34)18-39-23)17-26(33)30-20-10-8-7-9-11-20/h7-16H,4-6,17-18H2,1-3H3,(H,30,33)(H,31,35). The number of para-hydroxylation sites is 1. The Labute approximate surface area is 226 Å². The van der Waals surface area contributed by atoms with Gasteiger partial charge >= 0.3 is 0 Å². The summed E-state index contributed by atoms with van der Waals surface area (Å²) in [6, 6.07) is 17.1. The van der Waals surface area contributed by atoms with Crippen molar-refractivity contribution in [1.82, 2.24) is 0 Å². The van der Waals surface area contributed by atoms with Gasteiger partial charge < -0.3 is 29.6 Å². The van der Waals surface area contributed by atoms with E-state index in [1.165, 1.54) is 4.90 Å². The number of carbonyl (C=O) groups is 3. The molecule has 0 aromatic heterocycles. The first-order valence-corrected chi connectivity index (χ1v) is 12.7. The lowest BCUT2D eigenvalue weighted by atomic mass is 10.1. The zero-order chi connectivity index (χ0) is 27.8. The molecule has 3 amide bonds. The number of fused-ring (bicyclic) bond motifs is 1. The number of hydrogen-bond acceptors (Lipinski definition) is 7. The summed E-state index contributed by atoms with van der Waals surface area (Å²) in [7, 11) is 0. The van der Waals surface area contributed by atoms with Crippen molar-refractivity contribution in [3.05, 3.63) is 66.2 Å². The van der Waals surface area contributed by atoms with Crippen LogP contribution in [0.3, 0.4) is 0 Å². The monoisotopic (exact) mass is 533 g/mol. The molecule has 0 bridgehead atoms. The van der Waals surface area contributed by atoms with Crippen LogP contribution in [0.2, 0.25) is 0 Å². The number of benzene rings is 3. The van der Waals surface area contributed by atoms with E-state index in [2.05, 4.69) is 10.6 Å². The zero-order valence-corrected chi connectivity index (χ0v) is 22.1. The van der Waals surface area contributed by atoms with Crippen LogP contribution in [-0.2, 0) is 9.59 Å². The molecule has 10 nitrogen and oxygen atoms in total. The highest BCUT2D eigenvalue weighted by molar-refractivity contribution is 6.07. The predicted molar refractivity (Wildman–Crippen MR) is 147 cm³/mol. The van der Waals surface area contributed by atoms with Crippen LogP contribution in [0.1, 0.15) is 31.1 Å². The molecule has 0 atom stereocenters. The summed E-state index contributed by atoms with van der Waals surface area (Å²) >= 11 is 0. The normalized spacial score (nSPS) is 12.2. The second-order valence-corrected chi connectivity index (χ2v) is 8.42. The minimum atomic E-state index is -0.420. The van der Waals surface area contributed by atoms with Gasteiger partial charge in [-0.25, -0.2) is 0 Å². The van der Waals surface area contributed by atoms with E-state index in [0.29, 0.717) is 65.4 Å². The van der Waals surface area contributed by atoms with Gasteiger partial charge in [0.1, 0.15) is 12.3 Å². The summed E-state index contributed by atoms with van der Waals surface area (Å²) in [6.07, 6.45) is 0. The Bertz CT molecular complexity index is 1320. The molecule has 0 unspecified atom stereocenters. The molecule has 0 saturated heterocycles. The van der Waals surface area contributed by atoms with Crippen molar-refractivity contribution < 1.29 is 33.3 Å². The predicted octanol–water partition coefficient (Wildman–Crippen LogP) is 4.50. The van der Waals surface area contributed by atoms with Crippen LogP contribution in [-0.4, -0.2) is 50.7 Å². The molecule has 1 heterocycles. The molecule has 3 aromatic carbocycles. The van der Waals surface area contributed by atoms with Crippen molar-refractivity contribution in [2.75, 3.05) is 48.5 Å². The third-order valence-corrected chi connectivity index (χ3v) is 5.69. The number of carbonyl (C=O) groups excluding carboxylic acids is 3. The number of nitrogens with one attached hydrogen (secondary N) is 2. The Balaban J connectivity index is 1.57. The maximum Gasteiger partial charge on any atom is 0.265 e. The summed E-state index contributed by atoms with van der Waals surface area (Å²) in [4.78, 5) is 39.9. The van der Waals surface area contributed by atoms with Gasteiger partial charge in [0, 0.05) is 16.9 Å². The first-order chi connectivity index (χ1) is 18.9. The average Bonchev–Trinajstić information content (AvgIpc) is 2.93. The number of nitrogens with zero attached hydrogens (tertiary/aromatic N) is 1. The summed E-state index contributed by atoms with van der Waals surface area (Å²) in [5.74, 6) is 0.508. The average molecular weight is 534 g/mol. The maximum absolute atomic E-state index is 13.3. The molecule has 0 saturated carbocycles. The van der Waals surface area contributed by atoms with Crippen LogP contribution >= 0.6 is 0 Å². The molecule has 2 N–H and O–H groups in total. The summed E-state index contributed by atoms with van der Waals surface area (Å²) in [5.41, 5.74) is 1.71. The number of hydrogen-bond donors (Lipinski definition) is 2. The topological polar surface area (TPSA) is 115 Å². The first kappa shape index (κ1) is 27.3. The van der Waals surface area contributed by atoms with Crippen molar-refractivity contribution in [2.24, 2.45) is 0 Å². The van der Waals surface area contributed by atoms with Crippen molar-refractivity contribution in [3.8, 4) is 23.0 Å². The van der Waals surface area contributed by atoms with E-state index >= 15 is 0 Å². The van der Waals surface area contributed by atoms with Gasteiger partial charge in [-0.1, -0.05) is 18.2 Å². The molecule has 39 heavy (non-hydrogen) atoms. The Hall–Kier alpha value is -4.73. The minimum Gasteiger partial charge on any atom is -0.490 e. The van der Waals surface area contributed by atoms with Gasteiger partial charge in [0.15, 0.2) is 18.1 Å². The van der Waals surface area contributed by atoms with Gasteiger partial charge in [-0.05, 0) is 63.2 Å². The highest BCUT2D eigenvalue weighted by Crippen LogP contribution is 2.40. The van der Waals surface area contributed by atoms with Crippen LogP contribution < -0.4 is 34.5 Å². The van der Waals surface area contributed by atoms with Gasteiger partial charge in [-0.3, -0.25) is 19.3 Å². The SMILES string of the molecule is CCOc1cc(C(=O)Nc2ccc3c(c2)N(CC(=O)Nc2ccccc2)C(=O)CO3)cc(OCC)c1OCC. The molecule has 1 aliphatic heterocycles. The molecule has 0 spiro atoms. The van der Waals surface area contributed by atoms with Crippen LogP contribution in [0.5, 0.6) is 23.0 Å². The van der Waals surface area contributed by atoms with E-state index in [-0.39, 0.29) is 25.0 Å². The first-order valence-electron chi connectivity index (χ1n) is 12.7. The Morgan fingerprint density at radius 1 is 0.846 bits per heavy atom. The van der Waals surface area contributed by atoms with E-state index in [1.807, 2.05) is 26.8 Å². The Morgan fingerprint density at radius 3 is 2.15 bits per heavy atom. The second-order valence-electron chi connectivity index (χ2n) is 8.42. The number of anilines is 3. The Kier molecular flexibility index (Phi) is 8.88. The largest absolute Gasteiger partial charge is 0.490 e. The van der Waals surface area contributed by atoms with Crippen LogP contribution in [0.15, 0.2) is 60.7 Å². The van der Waals surface area contributed by atoms with Crippen molar-refractivity contribution >= 4 is 34.8 Å². The molecule has 0 fully saturated rings. The molecule has 10 heteroatoms. The van der Waals surface area contributed by atoms with E-state index < -0.39 is 5.91 Å². The van der Waals surface area contributed by atoms with E-state index in [4.69, 9.17) is 18.9 Å². The fourth-order valence-corrected chi connectivity index (χ4v) is 4.04. The van der Waals surface area contributed by atoms with E-state index in [9.17, 15) is 14.4 Å². The van der Waals surface area contributed by atoms with Crippen molar-refractivity contribution in [2.45, 2.75) is 20.8 Å². The second kappa shape index (κ2) is 12.7. The number of amides is 3. The van der Waals surface area contributed by atoms with Gasteiger partial charge in [-0.15, -0.1) is 0 Å². The highest BCUT2D eigenvalue weighted by atomic mass is 16.5. The van der Waals surface area contributed by atoms with Gasteiger partial charge in [0.25, 0.3) is 11.8 Å². The van der Waals surface area contributed by atoms with Gasteiger partial charge in [0.05, 0.1) is 25.5 Å². The molecule has 3 aromatic rings. The van der Waals surface area contributed by atoms with Crippen LogP contribution in [0, 0.1) is 0 Å². The lowest BCUT2D eigenvalue weighted by Crippen LogP contribution is -2.43. The van der Waals surface area contributed by atoms with Crippen LogP contribution in [0.25, 0.3) is 0 Å². The molecule has 0 aliphatic carbocycles.